The van der Waals surface area contributed by atoms with Crippen LogP contribution in [0.15, 0.2) is 42.5 Å². The molecule has 0 saturated carbocycles. The summed E-state index contributed by atoms with van der Waals surface area (Å²) in [5.74, 6) is -0.398. The Balaban J connectivity index is 2.04. The van der Waals surface area contributed by atoms with Crippen LogP contribution in [0.25, 0.3) is 21.9 Å². The van der Waals surface area contributed by atoms with Crippen molar-refractivity contribution in [2.45, 2.75) is 6.18 Å². The third-order valence-corrected chi connectivity index (χ3v) is 4.32. The first-order valence-electron chi connectivity index (χ1n) is 6.72. The second kappa shape index (κ2) is 6.06. The second-order valence-electron chi connectivity index (χ2n) is 4.92. The summed E-state index contributed by atoms with van der Waals surface area (Å²) >= 11 is 1.13. The van der Waals surface area contributed by atoms with Crippen LogP contribution in [-0.4, -0.2) is 4.98 Å². The van der Waals surface area contributed by atoms with Crippen molar-refractivity contribution in [1.29, 1.82) is 5.26 Å². The summed E-state index contributed by atoms with van der Waals surface area (Å²) in [7, 11) is 0. The minimum Gasteiger partial charge on any atom is -0.235 e. The van der Waals surface area contributed by atoms with E-state index in [1.807, 2.05) is 6.07 Å². The Bertz CT molecular complexity index is 963. The molecule has 3 aromatic rings. The van der Waals surface area contributed by atoms with Crippen LogP contribution < -0.4 is 0 Å². The number of nitrogens with zero attached hydrogens (tertiary/aromatic N) is 2. The highest BCUT2D eigenvalue weighted by Crippen LogP contribution is 2.34. The van der Waals surface area contributed by atoms with Crippen molar-refractivity contribution >= 4 is 33.2 Å². The first-order chi connectivity index (χ1) is 11.4. The summed E-state index contributed by atoms with van der Waals surface area (Å²) in [5.41, 5.74) is 0.206. The van der Waals surface area contributed by atoms with E-state index in [1.165, 1.54) is 36.4 Å². The molecule has 0 spiro atoms. The largest absolute Gasteiger partial charge is 0.416 e. The SMILES string of the molecule is N#C/C(=C/c1ccc(F)cc1)c1nc2cc(C(F)(F)F)ccc2s1. The number of benzene rings is 2. The number of rotatable bonds is 2. The van der Waals surface area contributed by atoms with E-state index in [-0.39, 0.29) is 11.1 Å². The molecule has 3 rings (SSSR count). The zero-order valence-corrected chi connectivity index (χ0v) is 12.7. The predicted molar refractivity (Wildman–Crippen MR) is 84.5 cm³/mol. The molecule has 0 bridgehead atoms. The summed E-state index contributed by atoms with van der Waals surface area (Å²) in [6.45, 7) is 0. The molecule has 0 saturated heterocycles. The number of hydrogen-bond donors (Lipinski definition) is 0. The first-order valence-corrected chi connectivity index (χ1v) is 7.54. The Morgan fingerprint density at radius 3 is 2.46 bits per heavy atom. The van der Waals surface area contributed by atoms with Gasteiger partial charge in [0.2, 0.25) is 0 Å². The molecule has 7 heteroatoms. The average Bonchev–Trinajstić information content (AvgIpc) is 2.96. The van der Waals surface area contributed by atoms with E-state index in [0.717, 1.165) is 23.5 Å². The number of aromatic nitrogens is 1. The molecule has 0 unspecified atom stereocenters. The van der Waals surface area contributed by atoms with Gasteiger partial charge < -0.3 is 0 Å². The van der Waals surface area contributed by atoms with Gasteiger partial charge >= 0.3 is 6.18 Å². The summed E-state index contributed by atoms with van der Waals surface area (Å²) < 4.78 is 51.7. The predicted octanol–water partition coefficient (Wildman–Crippen LogP) is 5.52. The number of alkyl halides is 3. The van der Waals surface area contributed by atoms with Gasteiger partial charge in [-0.1, -0.05) is 12.1 Å². The Labute approximate surface area is 138 Å². The minimum absolute atomic E-state index is 0.185. The highest BCUT2D eigenvalue weighted by molar-refractivity contribution is 7.19. The Morgan fingerprint density at radius 2 is 1.83 bits per heavy atom. The number of thiazole rings is 1. The van der Waals surface area contributed by atoms with Crippen LogP contribution in [0.2, 0.25) is 0 Å². The maximum Gasteiger partial charge on any atom is 0.416 e. The number of halogens is 4. The van der Waals surface area contributed by atoms with Crippen LogP contribution in [-0.2, 0) is 6.18 Å². The van der Waals surface area contributed by atoms with Gasteiger partial charge in [0.05, 0.1) is 21.4 Å². The first kappa shape index (κ1) is 16.1. The number of allylic oxidation sites excluding steroid dienone is 1. The Morgan fingerprint density at radius 1 is 1.12 bits per heavy atom. The van der Waals surface area contributed by atoms with Crippen LogP contribution in [0.1, 0.15) is 16.1 Å². The zero-order valence-electron chi connectivity index (χ0n) is 11.9. The fourth-order valence-electron chi connectivity index (χ4n) is 2.09. The lowest BCUT2D eigenvalue weighted by atomic mass is 10.1. The third-order valence-electron chi connectivity index (χ3n) is 3.25. The van der Waals surface area contributed by atoms with Gasteiger partial charge in [0.25, 0.3) is 0 Å². The maximum absolute atomic E-state index is 12.9. The van der Waals surface area contributed by atoms with E-state index in [1.54, 1.807) is 0 Å². The van der Waals surface area contributed by atoms with Crippen molar-refractivity contribution < 1.29 is 17.6 Å². The third kappa shape index (κ3) is 3.29. The molecule has 0 atom stereocenters. The van der Waals surface area contributed by atoms with E-state index < -0.39 is 17.6 Å². The summed E-state index contributed by atoms with van der Waals surface area (Å²) in [6, 6.07) is 10.8. The molecule has 120 valence electrons. The maximum atomic E-state index is 12.9. The van der Waals surface area contributed by atoms with Crippen LogP contribution in [0.5, 0.6) is 0 Å². The summed E-state index contributed by atoms with van der Waals surface area (Å²) in [5, 5.41) is 9.61. The highest BCUT2D eigenvalue weighted by atomic mass is 32.1. The monoisotopic (exact) mass is 348 g/mol. The van der Waals surface area contributed by atoms with Gasteiger partial charge in [0.15, 0.2) is 0 Å². The van der Waals surface area contributed by atoms with Crippen molar-refractivity contribution in [3.8, 4) is 6.07 Å². The van der Waals surface area contributed by atoms with Gasteiger partial charge in [0, 0.05) is 0 Å². The molecule has 0 fully saturated rings. The van der Waals surface area contributed by atoms with Crippen LogP contribution >= 0.6 is 11.3 Å². The molecule has 0 N–H and O–H groups in total. The van der Waals surface area contributed by atoms with E-state index in [2.05, 4.69) is 4.98 Å². The highest BCUT2D eigenvalue weighted by Gasteiger charge is 2.30. The fourth-order valence-corrected chi connectivity index (χ4v) is 3.00. The van der Waals surface area contributed by atoms with Crippen molar-refractivity contribution in [1.82, 2.24) is 4.98 Å². The van der Waals surface area contributed by atoms with Gasteiger partial charge in [0.1, 0.15) is 16.9 Å². The summed E-state index contributed by atoms with van der Waals surface area (Å²) in [4.78, 5) is 4.13. The lowest BCUT2D eigenvalue weighted by molar-refractivity contribution is -0.137. The molecule has 0 radical (unpaired) electrons. The van der Waals surface area contributed by atoms with Gasteiger partial charge in [-0.15, -0.1) is 11.3 Å². The molecular weight excluding hydrogens is 340 g/mol. The molecule has 1 heterocycles. The smallest absolute Gasteiger partial charge is 0.235 e. The summed E-state index contributed by atoms with van der Waals surface area (Å²) in [6.07, 6.45) is -2.93. The van der Waals surface area contributed by atoms with E-state index >= 15 is 0 Å². The Hall–Kier alpha value is -2.72. The zero-order chi connectivity index (χ0) is 17.3. The molecule has 0 aliphatic heterocycles. The van der Waals surface area contributed by atoms with E-state index in [4.69, 9.17) is 0 Å². The Kier molecular flexibility index (Phi) is 4.08. The van der Waals surface area contributed by atoms with Crippen molar-refractivity contribution in [3.63, 3.8) is 0 Å². The van der Waals surface area contributed by atoms with Crippen LogP contribution in [0.4, 0.5) is 17.6 Å². The number of fused-ring (bicyclic) bond motifs is 1. The lowest BCUT2D eigenvalue weighted by Crippen LogP contribution is -2.03. The second-order valence-corrected chi connectivity index (χ2v) is 5.95. The number of hydrogen-bond acceptors (Lipinski definition) is 3. The normalized spacial score (nSPS) is 12.4. The van der Waals surface area contributed by atoms with Gasteiger partial charge in [-0.05, 0) is 42.0 Å². The fraction of sp³-hybridized carbons (Fsp3) is 0.0588. The topological polar surface area (TPSA) is 36.7 Å². The van der Waals surface area contributed by atoms with E-state index in [9.17, 15) is 22.8 Å². The standard InChI is InChI=1S/C17H8F4N2S/c18-13-4-1-10(2-5-13)7-11(9-22)16-23-14-8-12(17(19,20)21)3-6-15(14)24-16/h1-8H/b11-7-. The van der Waals surface area contributed by atoms with Gasteiger partial charge in [-0.25, -0.2) is 9.37 Å². The molecule has 0 aliphatic rings. The molecule has 2 aromatic carbocycles. The molecule has 1 aromatic heterocycles. The molecule has 0 amide bonds. The van der Waals surface area contributed by atoms with Gasteiger partial charge in [-0.2, -0.15) is 18.4 Å². The minimum atomic E-state index is -4.44. The molecule has 2 nitrogen and oxygen atoms in total. The van der Waals surface area contributed by atoms with Crippen molar-refractivity contribution in [2.75, 3.05) is 0 Å². The quantitative estimate of drug-likeness (QED) is 0.452. The van der Waals surface area contributed by atoms with Crippen molar-refractivity contribution in [2.24, 2.45) is 0 Å². The molecule has 0 aliphatic carbocycles. The lowest BCUT2D eigenvalue weighted by Gasteiger charge is -2.04. The van der Waals surface area contributed by atoms with Crippen LogP contribution in [0.3, 0.4) is 0 Å². The van der Waals surface area contributed by atoms with Crippen LogP contribution in [0, 0.1) is 17.1 Å². The molecular formula is C17H8F4N2S. The number of nitriles is 1. The average molecular weight is 348 g/mol. The van der Waals surface area contributed by atoms with Crippen molar-refractivity contribution in [3.05, 3.63) is 64.4 Å². The molecule has 24 heavy (non-hydrogen) atoms. The van der Waals surface area contributed by atoms with E-state index in [0.29, 0.717) is 15.3 Å². The van der Waals surface area contributed by atoms with Gasteiger partial charge in [-0.3, -0.25) is 0 Å².